The largest absolute Gasteiger partial charge is 0.497 e. The first-order valence-electron chi connectivity index (χ1n) is 11.1. The van der Waals surface area contributed by atoms with E-state index in [-0.39, 0.29) is 11.9 Å². The summed E-state index contributed by atoms with van der Waals surface area (Å²) in [7, 11) is 5.71. The summed E-state index contributed by atoms with van der Waals surface area (Å²) in [6.07, 6.45) is 0. The first-order chi connectivity index (χ1) is 15.9. The number of hydrogen-bond donors (Lipinski definition) is 0. The van der Waals surface area contributed by atoms with E-state index in [0.717, 1.165) is 43.4 Å². The van der Waals surface area contributed by atoms with Crippen LogP contribution >= 0.6 is 12.2 Å². The fourth-order valence-corrected chi connectivity index (χ4v) is 4.28. The van der Waals surface area contributed by atoms with Crippen LogP contribution in [0.15, 0.2) is 48.5 Å². The van der Waals surface area contributed by atoms with Crippen LogP contribution in [0.3, 0.4) is 0 Å². The minimum Gasteiger partial charge on any atom is -0.497 e. The summed E-state index contributed by atoms with van der Waals surface area (Å²) in [6, 6.07) is 14.6. The number of rotatable bonds is 7. The van der Waals surface area contributed by atoms with Crippen molar-refractivity contribution in [2.45, 2.75) is 19.6 Å². The maximum absolute atomic E-state index is 13.5. The summed E-state index contributed by atoms with van der Waals surface area (Å²) in [5.41, 5.74) is 2.02. The van der Waals surface area contributed by atoms with Gasteiger partial charge in [-0.05, 0) is 81.8 Å². The molecule has 0 N–H and O–H groups in total. The number of piperazine rings is 1. The molecule has 2 heterocycles. The number of hydrogen-bond acceptors (Lipinski definition) is 6. The smallest absolute Gasteiger partial charge is 0.203 e. The Labute approximate surface area is 199 Å². The number of methoxy groups -OCH3 is 1. The van der Waals surface area contributed by atoms with E-state index in [4.69, 9.17) is 22.1 Å². The SMILES string of the molecule is COc1ccc(N2CCN(Cn3nc(C(C)N(C)C)n(-c4ccc(F)cc4)c3=S)CC2)cc1. The summed E-state index contributed by atoms with van der Waals surface area (Å²) in [6.45, 7) is 6.40. The monoisotopic (exact) mass is 470 g/mol. The normalized spacial score (nSPS) is 15.8. The van der Waals surface area contributed by atoms with Crippen molar-refractivity contribution in [3.8, 4) is 11.4 Å². The molecule has 0 saturated carbocycles. The van der Waals surface area contributed by atoms with Crippen molar-refractivity contribution >= 4 is 17.9 Å². The highest BCUT2D eigenvalue weighted by Crippen LogP contribution is 2.23. The van der Waals surface area contributed by atoms with Crippen molar-refractivity contribution < 1.29 is 9.13 Å². The number of anilines is 1. The van der Waals surface area contributed by atoms with Crippen molar-refractivity contribution in [3.63, 3.8) is 0 Å². The summed E-state index contributed by atoms with van der Waals surface area (Å²) < 4.78 is 23.2. The van der Waals surface area contributed by atoms with E-state index in [1.165, 1.54) is 17.8 Å². The summed E-state index contributed by atoms with van der Waals surface area (Å²) in [5.74, 6) is 1.44. The Morgan fingerprint density at radius 2 is 1.61 bits per heavy atom. The van der Waals surface area contributed by atoms with E-state index in [1.807, 2.05) is 35.5 Å². The van der Waals surface area contributed by atoms with Gasteiger partial charge in [-0.1, -0.05) is 0 Å². The Morgan fingerprint density at radius 1 is 1.00 bits per heavy atom. The highest BCUT2D eigenvalue weighted by Gasteiger charge is 2.23. The van der Waals surface area contributed by atoms with Crippen molar-refractivity contribution in [3.05, 3.63) is 64.9 Å². The number of halogens is 1. The molecule has 0 radical (unpaired) electrons. The first-order valence-corrected chi connectivity index (χ1v) is 11.5. The standard InChI is InChI=1S/C24H31FN6OS/c1-18(27(2)3)23-26-30(24(33)31(23)21-7-5-19(25)6-8-21)17-28-13-15-29(16-14-28)20-9-11-22(32-4)12-10-20/h5-12,18H,13-17H2,1-4H3. The zero-order valence-electron chi connectivity index (χ0n) is 19.6. The van der Waals surface area contributed by atoms with Crippen LogP contribution in [0.25, 0.3) is 5.69 Å². The molecule has 0 aliphatic carbocycles. The Hall–Kier alpha value is -2.75. The molecule has 1 atom stereocenters. The van der Waals surface area contributed by atoms with Crippen molar-refractivity contribution in [2.24, 2.45) is 0 Å². The second-order valence-electron chi connectivity index (χ2n) is 8.54. The second kappa shape index (κ2) is 10.0. The molecule has 2 aromatic carbocycles. The topological polar surface area (TPSA) is 41.7 Å². The molecule has 33 heavy (non-hydrogen) atoms. The molecule has 0 spiro atoms. The lowest BCUT2D eigenvalue weighted by Crippen LogP contribution is -2.47. The van der Waals surface area contributed by atoms with Gasteiger partial charge in [0.05, 0.1) is 19.8 Å². The quantitative estimate of drug-likeness (QED) is 0.487. The third kappa shape index (κ3) is 5.10. The minimum atomic E-state index is -0.269. The van der Waals surface area contributed by atoms with E-state index in [2.05, 4.69) is 33.8 Å². The fourth-order valence-electron chi connectivity index (χ4n) is 3.98. The minimum absolute atomic E-state index is 0.0462. The van der Waals surface area contributed by atoms with Crippen LogP contribution in [0.2, 0.25) is 0 Å². The van der Waals surface area contributed by atoms with E-state index >= 15 is 0 Å². The molecule has 1 aliphatic rings. The molecule has 7 nitrogen and oxygen atoms in total. The van der Waals surface area contributed by atoms with Gasteiger partial charge in [0.15, 0.2) is 5.82 Å². The van der Waals surface area contributed by atoms with Gasteiger partial charge < -0.3 is 9.64 Å². The second-order valence-corrected chi connectivity index (χ2v) is 8.90. The molecule has 0 amide bonds. The highest BCUT2D eigenvalue weighted by molar-refractivity contribution is 7.71. The van der Waals surface area contributed by atoms with Gasteiger partial charge in [-0.25, -0.2) is 9.07 Å². The third-order valence-electron chi connectivity index (χ3n) is 6.24. The van der Waals surface area contributed by atoms with Crippen molar-refractivity contribution in [1.29, 1.82) is 0 Å². The van der Waals surface area contributed by atoms with E-state index < -0.39 is 0 Å². The van der Waals surface area contributed by atoms with Crippen molar-refractivity contribution in [2.75, 3.05) is 52.3 Å². The fraction of sp³-hybridized carbons (Fsp3) is 0.417. The Kier molecular flexibility index (Phi) is 7.11. The highest BCUT2D eigenvalue weighted by atomic mass is 32.1. The van der Waals surface area contributed by atoms with Crippen molar-refractivity contribution in [1.82, 2.24) is 24.1 Å². The first kappa shape index (κ1) is 23.4. The Balaban J connectivity index is 1.52. The van der Waals surface area contributed by atoms with Crippen LogP contribution in [0.5, 0.6) is 5.75 Å². The molecule has 1 aromatic heterocycles. The molecular formula is C24H31FN6OS. The number of benzene rings is 2. The summed E-state index contributed by atoms with van der Waals surface area (Å²) in [4.78, 5) is 6.84. The molecule has 1 unspecified atom stereocenters. The van der Waals surface area contributed by atoms with Crippen LogP contribution < -0.4 is 9.64 Å². The average molecular weight is 471 g/mol. The van der Waals surface area contributed by atoms with E-state index in [0.29, 0.717) is 11.4 Å². The maximum Gasteiger partial charge on any atom is 0.203 e. The Bertz CT molecular complexity index is 1120. The molecule has 1 saturated heterocycles. The van der Waals surface area contributed by atoms with Crippen LogP contribution in [-0.2, 0) is 6.67 Å². The van der Waals surface area contributed by atoms with Crippen LogP contribution in [-0.4, -0.2) is 71.5 Å². The third-order valence-corrected chi connectivity index (χ3v) is 6.63. The van der Waals surface area contributed by atoms with Gasteiger partial charge in [0.1, 0.15) is 11.6 Å². The van der Waals surface area contributed by atoms with Gasteiger partial charge in [0.2, 0.25) is 4.77 Å². The maximum atomic E-state index is 13.5. The van der Waals surface area contributed by atoms with Gasteiger partial charge >= 0.3 is 0 Å². The summed E-state index contributed by atoms with van der Waals surface area (Å²) >= 11 is 5.83. The number of aromatic nitrogens is 3. The lowest BCUT2D eigenvalue weighted by molar-refractivity contribution is 0.193. The molecule has 1 aliphatic heterocycles. The lowest BCUT2D eigenvalue weighted by atomic mass is 10.2. The van der Waals surface area contributed by atoms with Gasteiger partial charge in [0, 0.05) is 37.6 Å². The molecule has 3 aromatic rings. The van der Waals surface area contributed by atoms with E-state index in [9.17, 15) is 4.39 Å². The average Bonchev–Trinajstić information content (AvgIpc) is 3.15. The molecule has 4 rings (SSSR count). The molecule has 9 heteroatoms. The van der Waals surface area contributed by atoms with Crippen LogP contribution in [0.4, 0.5) is 10.1 Å². The van der Waals surface area contributed by atoms with Gasteiger partial charge in [-0.3, -0.25) is 14.4 Å². The Morgan fingerprint density at radius 3 is 2.18 bits per heavy atom. The molecule has 1 fully saturated rings. The lowest BCUT2D eigenvalue weighted by Gasteiger charge is -2.35. The number of nitrogens with zero attached hydrogens (tertiary/aromatic N) is 6. The van der Waals surface area contributed by atoms with Gasteiger partial charge in [-0.15, -0.1) is 0 Å². The van der Waals surface area contributed by atoms with Gasteiger partial charge in [-0.2, -0.15) is 5.10 Å². The molecule has 176 valence electrons. The predicted molar refractivity (Wildman–Crippen MR) is 131 cm³/mol. The zero-order valence-corrected chi connectivity index (χ0v) is 20.4. The van der Waals surface area contributed by atoms with Crippen LogP contribution in [0, 0.1) is 10.6 Å². The molecular weight excluding hydrogens is 439 g/mol. The van der Waals surface area contributed by atoms with E-state index in [1.54, 1.807) is 19.2 Å². The summed E-state index contributed by atoms with van der Waals surface area (Å²) in [5, 5.41) is 4.89. The predicted octanol–water partition coefficient (Wildman–Crippen LogP) is 3.95. The number of ether oxygens (including phenoxy) is 1. The van der Waals surface area contributed by atoms with Crippen LogP contribution in [0.1, 0.15) is 18.8 Å². The van der Waals surface area contributed by atoms with Gasteiger partial charge in [0.25, 0.3) is 0 Å². The molecule has 0 bridgehead atoms. The zero-order chi connectivity index (χ0) is 23.5.